The van der Waals surface area contributed by atoms with E-state index >= 15 is 0 Å². The van der Waals surface area contributed by atoms with Crippen molar-refractivity contribution in [2.24, 2.45) is 0 Å². The molecule has 0 aliphatic heterocycles. The van der Waals surface area contributed by atoms with E-state index in [1.54, 1.807) is 27.4 Å². The molecule has 0 saturated heterocycles. The Morgan fingerprint density at radius 2 is 1.26 bits per heavy atom. The fourth-order valence-electron chi connectivity index (χ4n) is 6.02. The normalized spacial score (nSPS) is 14.1. The molecule has 7 heteroatoms. The van der Waals surface area contributed by atoms with E-state index in [0.717, 1.165) is 17.5 Å². The third-order valence-corrected chi connectivity index (χ3v) is 16.1. The van der Waals surface area contributed by atoms with Crippen LogP contribution in [-0.4, -0.2) is 57.3 Å². The topological polar surface area (TPSA) is 57.2 Å². The first kappa shape index (κ1) is 28.4. The zero-order valence-electron chi connectivity index (χ0n) is 21.9. The summed E-state index contributed by atoms with van der Waals surface area (Å²) < 4.78 is 23.0. The summed E-state index contributed by atoms with van der Waals surface area (Å²) in [5.74, 6) is 1.15. The second-order valence-electron chi connectivity index (χ2n) is 11.1. The van der Waals surface area contributed by atoms with Crippen LogP contribution in [0.4, 0.5) is 0 Å². The first-order valence-corrected chi connectivity index (χ1v) is 14.8. The lowest BCUT2D eigenvalue weighted by Gasteiger charge is -2.54. The van der Waals surface area contributed by atoms with Crippen LogP contribution in [0.15, 0.2) is 18.2 Å². The molecule has 1 rings (SSSR count). The van der Waals surface area contributed by atoms with Crippen LogP contribution in [0.3, 0.4) is 0 Å². The second-order valence-corrected chi connectivity index (χ2v) is 20.0. The smallest absolute Gasteiger partial charge is 0.500 e. The lowest BCUT2D eigenvalue weighted by Crippen LogP contribution is -2.49. The molecule has 0 bridgehead atoms. The summed E-state index contributed by atoms with van der Waals surface area (Å²) in [4.78, 5) is 0. The fraction of sp³-hybridized carbons (Fsp3) is 0.750. The summed E-state index contributed by atoms with van der Waals surface area (Å²) in [5, 5.41) is 11.7. The molecule has 0 unspecified atom stereocenters. The van der Waals surface area contributed by atoms with Crippen LogP contribution in [0.25, 0.3) is 0 Å². The van der Waals surface area contributed by atoms with Crippen LogP contribution in [0.1, 0.15) is 68.7 Å². The average molecular weight is 474 g/mol. The molecule has 0 spiro atoms. The maximum atomic E-state index is 10.5. The first-order chi connectivity index (χ1) is 14.0. The maximum Gasteiger partial charge on any atom is 0.500 e. The molecular formula is C24H46O5PSi+. The van der Waals surface area contributed by atoms with Gasteiger partial charge in [-0.25, -0.2) is 0 Å². The molecule has 180 valence electrons. The van der Waals surface area contributed by atoms with Gasteiger partial charge in [-0.05, 0) is 80.9 Å². The minimum Gasteiger partial charge on any atom is -0.508 e. The number of aromatic hydroxyl groups is 1. The van der Waals surface area contributed by atoms with Gasteiger partial charge in [0.25, 0.3) is 0 Å². The predicted molar refractivity (Wildman–Crippen MR) is 136 cm³/mol. The van der Waals surface area contributed by atoms with Gasteiger partial charge in [0.15, 0.2) is 5.75 Å². The molecule has 0 saturated carbocycles. The van der Waals surface area contributed by atoms with Gasteiger partial charge in [-0.15, -0.1) is 0 Å². The Kier molecular flexibility index (Phi) is 9.24. The molecule has 0 aliphatic carbocycles. The SMILES string of the molecule is CO[Si](CCCOc1ccc(O)cc1[P+](C(C)(C)C)(C(C)(C)C)C(C)(C)C)(OC)OC. The van der Waals surface area contributed by atoms with Gasteiger partial charge in [0.2, 0.25) is 0 Å². The molecular weight excluding hydrogens is 427 g/mol. The Morgan fingerprint density at radius 1 is 0.806 bits per heavy atom. The van der Waals surface area contributed by atoms with Gasteiger partial charge in [-0.1, -0.05) is 0 Å². The highest BCUT2D eigenvalue weighted by molar-refractivity contribution is 7.87. The van der Waals surface area contributed by atoms with Crippen molar-refractivity contribution in [2.75, 3.05) is 27.9 Å². The van der Waals surface area contributed by atoms with Crippen LogP contribution in [0, 0.1) is 0 Å². The van der Waals surface area contributed by atoms with E-state index in [0.29, 0.717) is 12.7 Å². The molecule has 0 amide bonds. The summed E-state index contributed by atoms with van der Waals surface area (Å²) in [6.07, 6.45) is 0.758. The molecule has 0 aliphatic rings. The number of hydrogen-bond acceptors (Lipinski definition) is 5. The quantitative estimate of drug-likeness (QED) is 0.268. The van der Waals surface area contributed by atoms with Crippen molar-refractivity contribution in [1.29, 1.82) is 0 Å². The van der Waals surface area contributed by atoms with E-state index in [2.05, 4.69) is 62.3 Å². The second kappa shape index (κ2) is 10.1. The number of rotatable bonds is 9. The molecule has 1 N–H and O–H groups in total. The molecule has 0 radical (unpaired) electrons. The van der Waals surface area contributed by atoms with Gasteiger partial charge in [0, 0.05) is 33.4 Å². The number of hydrogen-bond donors (Lipinski definition) is 1. The van der Waals surface area contributed by atoms with Crippen molar-refractivity contribution in [3.8, 4) is 11.5 Å². The minimum atomic E-state index is -2.62. The average Bonchev–Trinajstić information content (AvgIpc) is 2.60. The van der Waals surface area contributed by atoms with E-state index in [1.165, 1.54) is 0 Å². The van der Waals surface area contributed by atoms with Crippen LogP contribution >= 0.6 is 7.26 Å². The number of phenols is 1. The monoisotopic (exact) mass is 473 g/mol. The van der Waals surface area contributed by atoms with Crippen molar-refractivity contribution in [1.82, 2.24) is 0 Å². The Morgan fingerprint density at radius 3 is 1.65 bits per heavy atom. The molecule has 1 aromatic carbocycles. The zero-order chi connectivity index (χ0) is 24.3. The Hall–Kier alpha value is -0.653. The van der Waals surface area contributed by atoms with Crippen LogP contribution in [0.2, 0.25) is 6.04 Å². The lowest BCUT2D eigenvalue weighted by molar-refractivity contribution is 0.121. The summed E-state index contributed by atoms with van der Waals surface area (Å²) in [6.45, 7) is 21.5. The fourth-order valence-corrected chi connectivity index (χ4v) is 16.7. The van der Waals surface area contributed by atoms with Crippen LogP contribution in [0.5, 0.6) is 11.5 Å². The van der Waals surface area contributed by atoms with Gasteiger partial charge < -0.3 is 23.1 Å². The predicted octanol–water partition coefficient (Wildman–Crippen LogP) is 6.08. The largest absolute Gasteiger partial charge is 0.508 e. The molecule has 5 nitrogen and oxygen atoms in total. The minimum absolute atomic E-state index is 0.0135. The van der Waals surface area contributed by atoms with E-state index in [4.69, 9.17) is 18.0 Å². The zero-order valence-corrected chi connectivity index (χ0v) is 23.8. The first-order valence-electron chi connectivity index (χ1n) is 11.0. The van der Waals surface area contributed by atoms with E-state index < -0.39 is 16.1 Å². The van der Waals surface area contributed by atoms with E-state index in [-0.39, 0.29) is 21.2 Å². The molecule has 0 aromatic heterocycles. The highest BCUT2D eigenvalue weighted by Crippen LogP contribution is 2.83. The third-order valence-electron chi connectivity index (χ3n) is 6.14. The Labute approximate surface area is 192 Å². The number of benzene rings is 1. The van der Waals surface area contributed by atoms with E-state index in [1.807, 2.05) is 12.1 Å². The summed E-state index contributed by atoms with van der Waals surface area (Å²) in [7, 11) is 0.365. The molecule has 31 heavy (non-hydrogen) atoms. The Balaban J connectivity index is 3.44. The highest BCUT2D eigenvalue weighted by Gasteiger charge is 2.67. The van der Waals surface area contributed by atoms with Gasteiger partial charge >= 0.3 is 8.80 Å². The summed E-state index contributed by atoms with van der Waals surface area (Å²) in [6, 6.07) is 6.28. The van der Waals surface area contributed by atoms with Gasteiger partial charge in [-0.3, -0.25) is 0 Å². The summed E-state index contributed by atoms with van der Waals surface area (Å²) >= 11 is 0. The van der Waals surface area contributed by atoms with Crippen LogP contribution < -0.4 is 10.0 Å². The number of ether oxygens (including phenoxy) is 1. The van der Waals surface area contributed by atoms with Gasteiger partial charge in [0.1, 0.15) is 11.1 Å². The van der Waals surface area contributed by atoms with Crippen molar-refractivity contribution in [3.05, 3.63) is 18.2 Å². The number of phenolic OH excluding ortho intramolecular Hbond substituents is 1. The van der Waals surface area contributed by atoms with Crippen molar-refractivity contribution >= 4 is 21.4 Å². The lowest BCUT2D eigenvalue weighted by atomic mass is 10.2. The summed E-state index contributed by atoms with van der Waals surface area (Å²) in [5.41, 5.74) is 0. The van der Waals surface area contributed by atoms with Crippen molar-refractivity contribution in [3.63, 3.8) is 0 Å². The van der Waals surface area contributed by atoms with Gasteiger partial charge in [0.05, 0.1) is 29.3 Å². The molecule has 0 heterocycles. The maximum absolute atomic E-state index is 10.5. The van der Waals surface area contributed by atoms with Crippen molar-refractivity contribution in [2.45, 2.75) is 90.2 Å². The molecule has 0 fully saturated rings. The standard InChI is InChI=1S/C24H45O5PSi/c1-22(2,3)30(23(4,5)6,24(7,8)9)21-18-19(25)14-15-20(21)29-16-13-17-31(26-10,27-11)28-12/h14-15,18H,13,16-17H2,1-12H3/p+1. The highest BCUT2D eigenvalue weighted by atomic mass is 31.2. The van der Waals surface area contributed by atoms with Gasteiger partial charge in [-0.2, -0.15) is 0 Å². The molecule has 0 atom stereocenters. The molecule has 1 aromatic rings. The van der Waals surface area contributed by atoms with E-state index in [9.17, 15) is 5.11 Å². The Bertz CT molecular complexity index is 668. The van der Waals surface area contributed by atoms with Crippen LogP contribution in [-0.2, 0) is 13.3 Å². The van der Waals surface area contributed by atoms with Crippen molar-refractivity contribution < 1.29 is 23.1 Å². The third kappa shape index (κ3) is 5.65.